The molecule has 106 valence electrons. The molecule has 0 aromatic heterocycles. The van der Waals surface area contributed by atoms with Gasteiger partial charge in [0.15, 0.2) is 11.6 Å². The summed E-state index contributed by atoms with van der Waals surface area (Å²) in [4.78, 5) is 2.23. The predicted molar refractivity (Wildman–Crippen MR) is 65.3 cm³/mol. The average Bonchev–Trinajstić information content (AvgIpc) is 2.41. The van der Waals surface area contributed by atoms with E-state index in [-0.39, 0.29) is 12.1 Å². The number of hydrogen-bond donors (Lipinski definition) is 1. The molecule has 0 amide bonds. The molecule has 1 N–H and O–H groups in total. The summed E-state index contributed by atoms with van der Waals surface area (Å²) in [5.74, 6) is -2.90. The van der Waals surface area contributed by atoms with Crippen molar-refractivity contribution in [2.75, 3.05) is 39.4 Å². The van der Waals surface area contributed by atoms with E-state index in [4.69, 9.17) is 4.74 Å². The monoisotopic (exact) mass is 274 g/mol. The van der Waals surface area contributed by atoms with Crippen LogP contribution in [0.3, 0.4) is 0 Å². The Morgan fingerprint density at radius 3 is 2.47 bits per heavy atom. The van der Waals surface area contributed by atoms with Crippen LogP contribution in [0, 0.1) is 17.5 Å². The standard InChI is InChI=1S/C13H17F3N2O/c14-11-8-13(16)12(15)7-10(11)9-17-1-2-18-3-5-19-6-4-18/h7-8,17H,1-6,9H2. The van der Waals surface area contributed by atoms with Gasteiger partial charge in [0.25, 0.3) is 0 Å². The number of ether oxygens (including phenoxy) is 1. The zero-order valence-electron chi connectivity index (χ0n) is 10.6. The third-order valence-electron chi connectivity index (χ3n) is 3.11. The Kier molecular flexibility index (Phi) is 5.18. The van der Waals surface area contributed by atoms with Crippen molar-refractivity contribution in [3.63, 3.8) is 0 Å². The first-order chi connectivity index (χ1) is 9.16. The van der Waals surface area contributed by atoms with Crippen LogP contribution in [0.15, 0.2) is 12.1 Å². The molecule has 0 atom stereocenters. The minimum absolute atomic E-state index is 0.140. The lowest BCUT2D eigenvalue weighted by molar-refractivity contribution is 0.0384. The fourth-order valence-electron chi connectivity index (χ4n) is 1.98. The highest BCUT2D eigenvalue weighted by atomic mass is 19.2. The summed E-state index contributed by atoms with van der Waals surface area (Å²) in [6.45, 7) is 4.93. The van der Waals surface area contributed by atoms with Crippen molar-refractivity contribution >= 4 is 0 Å². The highest BCUT2D eigenvalue weighted by molar-refractivity contribution is 5.19. The van der Waals surface area contributed by atoms with E-state index < -0.39 is 17.5 Å². The highest BCUT2D eigenvalue weighted by Crippen LogP contribution is 2.13. The van der Waals surface area contributed by atoms with E-state index in [1.807, 2.05) is 0 Å². The van der Waals surface area contributed by atoms with Gasteiger partial charge in [-0.2, -0.15) is 0 Å². The van der Waals surface area contributed by atoms with Gasteiger partial charge >= 0.3 is 0 Å². The average molecular weight is 274 g/mol. The third-order valence-corrected chi connectivity index (χ3v) is 3.11. The van der Waals surface area contributed by atoms with Gasteiger partial charge < -0.3 is 10.1 Å². The van der Waals surface area contributed by atoms with Crippen molar-refractivity contribution in [2.24, 2.45) is 0 Å². The predicted octanol–water partition coefficient (Wildman–Crippen LogP) is 1.53. The van der Waals surface area contributed by atoms with Crippen LogP contribution in [0.1, 0.15) is 5.56 Å². The number of benzene rings is 1. The molecule has 1 heterocycles. The van der Waals surface area contributed by atoms with E-state index in [1.165, 1.54) is 0 Å². The molecule has 0 radical (unpaired) electrons. The maximum absolute atomic E-state index is 13.3. The molecule has 1 aromatic carbocycles. The largest absolute Gasteiger partial charge is 0.379 e. The van der Waals surface area contributed by atoms with Crippen molar-refractivity contribution < 1.29 is 17.9 Å². The number of hydrogen-bond acceptors (Lipinski definition) is 3. The van der Waals surface area contributed by atoms with Crippen LogP contribution in [0.2, 0.25) is 0 Å². The van der Waals surface area contributed by atoms with Crippen molar-refractivity contribution in [3.8, 4) is 0 Å². The van der Waals surface area contributed by atoms with Gasteiger partial charge in [0.05, 0.1) is 13.2 Å². The molecule has 1 aliphatic rings. The molecule has 0 saturated carbocycles. The zero-order valence-corrected chi connectivity index (χ0v) is 10.6. The summed E-state index contributed by atoms with van der Waals surface area (Å²) in [6, 6.07) is 1.47. The fraction of sp³-hybridized carbons (Fsp3) is 0.538. The van der Waals surface area contributed by atoms with Gasteiger partial charge in [-0.15, -0.1) is 0 Å². The van der Waals surface area contributed by atoms with E-state index in [1.54, 1.807) is 0 Å². The second-order valence-corrected chi connectivity index (χ2v) is 4.49. The lowest BCUT2D eigenvalue weighted by atomic mass is 10.2. The van der Waals surface area contributed by atoms with Gasteiger partial charge in [0, 0.05) is 44.4 Å². The quantitative estimate of drug-likeness (QED) is 0.651. The first-order valence-electron chi connectivity index (χ1n) is 6.31. The topological polar surface area (TPSA) is 24.5 Å². The molecular weight excluding hydrogens is 257 g/mol. The van der Waals surface area contributed by atoms with Crippen molar-refractivity contribution in [1.82, 2.24) is 10.2 Å². The van der Waals surface area contributed by atoms with Gasteiger partial charge in [-0.25, -0.2) is 13.2 Å². The van der Waals surface area contributed by atoms with Gasteiger partial charge in [-0.1, -0.05) is 0 Å². The molecule has 2 rings (SSSR count). The molecule has 3 nitrogen and oxygen atoms in total. The second kappa shape index (κ2) is 6.88. The Hall–Kier alpha value is -1.11. The molecular formula is C13H17F3N2O. The van der Waals surface area contributed by atoms with E-state index in [9.17, 15) is 13.2 Å². The highest BCUT2D eigenvalue weighted by Gasteiger charge is 2.11. The first kappa shape index (κ1) is 14.3. The molecule has 1 fully saturated rings. The van der Waals surface area contributed by atoms with E-state index in [0.717, 1.165) is 38.9 Å². The van der Waals surface area contributed by atoms with Crippen LogP contribution < -0.4 is 5.32 Å². The number of nitrogens with one attached hydrogen (secondary N) is 1. The van der Waals surface area contributed by atoms with Crippen LogP contribution >= 0.6 is 0 Å². The van der Waals surface area contributed by atoms with Crippen molar-refractivity contribution in [2.45, 2.75) is 6.54 Å². The molecule has 0 aliphatic carbocycles. The second-order valence-electron chi connectivity index (χ2n) is 4.49. The summed E-state index contributed by atoms with van der Waals surface area (Å²) in [7, 11) is 0. The Morgan fingerprint density at radius 2 is 1.74 bits per heavy atom. The molecule has 1 aromatic rings. The SMILES string of the molecule is Fc1cc(F)c(CNCCN2CCOCC2)cc1F. The Morgan fingerprint density at radius 1 is 1.05 bits per heavy atom. The lowest BCUT2D eigenvalue weighted by Gasteiger charge is -2.26. The summed E-state index contributed by atoms with van der Waals surface area (Å²) in [6.07, 6.45) is 0. The van der Waals surface area contributed by atoms with Gasteiger partial charge in [0.2, 0.25) is 0 Å². The Bertz CT molecular complexity index is 423. The summed E-state index contributed by atoms with van der Waals surface area (Å²) >= 11 is 0. The smallest absolute Gasteiger partial charge is 0.161 e. The normalized spacial score (nSPS) is 16.8. The van der Waals surface area contributed by atoms with Crippen LogP contribution in [0.5, 0.6) is 0 Å². The van der Waals surface area contributed by atoms with Crippen LogP contribution in [-0.4, -0.2) is 44.3 Å². The molecule has 19 heavy (non-hydrogen) atoms. The molecule has 6 heteroatoms. The van der Waals surface area contributed by atoms with Crippen molar-refractivity contribution in [1.29, 1.82) is 0 Å². The molecule has 0 bridgehead atoms. The van der Waals surface area contributed by atoms with E-state index in [2.05, 4.69) is 10.2 Å². The molecule has 0 spiro atoms. The van der Waals surface area contributed by atoms with Gasteiger partial charge in [0.1, 0.15) is 5.82 Å². The minimum atomic E-state index is -1.16. The van der Waals surface area contributed by atoms with Gasteiger partial charge in [-0.05, 0) is 6.07 Å². The molecule has 0 unspecified atom stereocenters. The minimum Gasteiger partial charge on any atom is -0.379 e. The number of halogens is 3. The Labute approximate surface area is 110 Å². The molecule has 1 saturated heterocycles. The fourth-order valence-corrected chi connectivity index (χ4v) is 1.98. The number of rotatable bonds is 5. The zero-order chi connectivity index (χ0) is 13.7. The lowest BCUT2D eigenvalue weighted by Crippen LogP contribution is -2.40. The van der Waals surface area contributed by atoms with Crippen LogP contribution in [-0.2, 0) is 11.3 Å². The number of morpholine rings is 1. The maximum atomic E-state index is 13.3. The van der Waals surface area contributed by atoms with Crippen LogP contribution in [0.25, 0.3) is 0 Å². The summed E-state index contributed by atoms with van der Waals surface area (Å²) in [5.41, 5.74) is 0.140. The third kappa shape index (κ3) is 4.19. The summed E-state index contributed by atoms with van der Waals surface area (Å²) < 4.78 is 44.3. The Balaban J connectivity index is 1.74. The first-order valence-corrected chi connectivity index (χ1v) is 6.31. The van der Waals surface area contributed by atoms with Crippen molar-refractivity contribution in [3.05, 3.63) is 35.1 Å². The van der Waals surface area contributed by atoms with Crippen LogP contribution in [0.4, 0.5) is 13.2 Å². The van der Waals surface area contributed by atoms with E-state index >= 15 is 0 Å². The van der Waals surface area contributed by atoms with Gasteiger partial charge in [-0.3, -0.25) is 4.90 Å². The van der Waals surface area contributed by atoms with E-state index in [0.29, 0.717) is 12.6 Å². The maximum Gasteiger partial charge on any atom is 0.161 e. The summed E-state index contributed by atoms with van der Waals surface area (Å²) in [5, 5.41) is 3.02. The number of nitrogens with zero attached hydrogens (tertiary/aromatic N) is 1. The molecule has 1 aliphatic heterocycles.